The molecular weight excluding hydrogens is 416 g/mol. The number of aliphatic hydroxyl groups excluding tert-OH is 2. The molecule has 174 valence electrons. The summed E-state index contributed by atoms with van der Waals surface area (Å²) in [5.74, 6) is 0. The van der Waals surface area contributed by atoms with E-state index in [1.165, 1.54) is 12.1 Å². The standard InChI is InChI=1S/C11H14N2O4.C11H16N2O2/c14-8-9-7-10(13(15)16)1-2-11(9)12-3-5-17-6-4-12;12-10-1-2-11(9(7-10)8-14)13-3-5-15-6-4-13/h1-2,7,14H,3-6,8H2;1-2,7,14H,3-6,8,12H2. The number of nitrogen functional groups attached to an aromatic ring is 1. The van der Waals surface area contributed by atoms with Crippen LogP contribution >= 0.6 is 0 Å². The number of rotatable bonds is 5. The van der Waals surface area contributed by atoms with Crippen molar-refractivity contribution >= 4 is 22.7 Å². The number of ether oxygens (including phenoxy) is 2. The van der Waals surface area contributed by atoms with Gasteiger partial charge in [0.15, 0.2) is 0 Å². The molecule has 2 aliphatic heterocycles. The zero-order valence-corrected chi connectivity index (χ0v) is 18.0. The van der Waals surface area contributed by atoms with Crippen molar-refractivity contribution in [2.24, 2.45) is 0 Å². The normalized spacial score (nSPS) is 16.3. The van der Waals surface area contributed by atoms with E-state index < -0.39 is 4.92 Å². The van der Waals surface area contributed by atoms with Crippen LogP contribution in [-0.4, -0.2) is 67.7 Å². The van der Waals surface area contributed by atoms with Crippen molar-refractivity contribution < 1.29 is 24.6 Å². The van der Waals surface area contributed by atoms with Gasteiger partial charge in [-0.25, -0.2) is 0 Å². The summed E-state index contributed by atoms with van der Waals surface area (Å²) in [6.07, 6.45) is 0. The van der Waals surface area contributed by atoms with Gasteiger partial charge < -0.3 is 35.2 Å². The van der Waals surface area contributed by atoms with Crippen molar-refractivity contribution in [3.05, 3.63) is 57.6 Å². The minimum Gasteiger partial charge on any atom is -0.399 e. The van der Waals surface area contributed by atoms with Crippen LogP contribution in [-0.2, 0) is 22.7 Å². The number of anilines is 3. The second kappa shape index (κ2) is 11.6. The Morgan fingerprint density at radius 2 is 1.31 bits per heavy atom. The van der Waals surface area contributed by atoms with Crippen LogP contribution in [0.5, 0.6) is 0 Å². The first-order chi connectivity index (χ1) is 15.5. The predicted molar refractivity (Wildman–Crippen MR) is 122 cm³/mol. The average Bonchev–Trinajstić information content (AvgIpc) is 2.85. The number of morpholine rings is 2. The fourth-order valence-electron chi connectivity index (χ4n) is 3.77. The Balaban J connectivity index is 0.000000182. The minimum absolute atomic E-state index is 0.00561. The zero-order valence-electron chi connectivity index (χ0n) is 18.0. The summed E-state index contributed by atoms with van der Waals surface area (Å²) in [4.78, 5) is 14.5. The van der Waals surface area contributed by atoms with E-state index in [-0.39, 0.29) is 18.9 Å². The lowest BCUT2D eigenvalue weighted by molar-refractivity contribution is -0.384. The molecule has 2 aromatic carbocycles. The van der Waals surface area contributed by atoms with Crippen LogP contribution in [0.25, 0.3) is 0 Å². The maximum absolute atomic E-state index is 10.6. The minimum atomic E-state index is -0.456. The fraction of sp³-hybridized carbons (Fsp3) is 0.455. The van der Waals surface area contributed by atoms with Crippen LogP contribution in [0.15, 0.2) is 36.4 Å². The lowest BCUT2D eigenvalue weighted by atomic mass is 10.1. The number of nitro benzene ring substituents is 1. The van der Waals surface area contributed by atoms with Crippen molar-refractivity contribution in [1.82, 2.24) is 0 Å². The molecule has 2 fully saturated rings. The number of nitrogens with two attached hydrogens (primary N) is 1. The highest BCUT2D eigenvalue weighted by Gasteiger charge is 2.17. The molecule has 0 aromatic heterocycles. The monoisotopic (exact) mass is 446 g/mol. The number of hydrogen-bond acceptors (Lipinski definition) is 9. The summed E-state index contributed by atoms with van der Waals surface area (Å²) in [7, 11) is 0. The van der Waals surface area contributed by atoms with Crippen molar-refractivity contribution in [3.63, 3.8) is 0 Å². The van der Waals surface area contributed by atoms with E-state index >= 15 is 0 Å². The Morgan fingerprint density at radius 1 is 0.844 bits per heavy atom. The van der Waals surface area contributed by atoms with Gasteiger partial charge in [0.25, 0.3) is 5.69 Å². The summed E-state index contributed by atoms with van der Waals surface area (Å²) in [6.45, 7) is 5.82. The largest absolute Gasteiger partial charge is 0.399 e. The van der Waals surface area contributed by atoms with Crippen LogP contribution in [0.1, 0.15) is 11.1 Å². The van der Waals surface area contributed by atoms with Crippen LogP contribution in [0, 0.1) is 10.1 Å². The van der Waals surface area contributed by atoms with Gasteiger partial charge in [0.05, 0.1) is 44.6 Å². The Morgan fingerprint density at radius 3 is 1.78 bits per heavy atom. The number of benzene rings is 2. The SMILES string of the molecule is Nc1ccc(N2CCOCC2)c(CO)c1.O=[N+]([O-])c1ccc(N2CCOCC2)c(CO)c1. The van der Waals surface area contributed by atoms with E-state index in [4.69, 9.17) is 15.2 Å². The molecule has 0 spiro atoms. The third-order valence-electron chi connectivity index (χ3n) is 5.42. The lowest BCUT2D eigenvalue weighted by Crippen LogP contribution is -2.36. The van der Waals surface area contributed by atoms with Gasteiger partial charge in [0.1, 0.15) is 0 Å². The summed E-state index contributed by atoms with van der Waals surface area (Å²) in [5.41, 5.74) is 9.76. The van der Waals surface area contributed by atoms with E-state index in [0.29, 0.717) is 24.5 Å². The van der Waals surface area contributed by atoms with Gasteiger partial charge in [-0.1, -0.05) is 0 Å². The van der Waals surface area contributed by atoms with Gasteiger partial charge in [-0.15, -0.1) is 0 Å². The molecule has 0 atom stereocenters. The molecule has 32 heavy (non-hydrogen) atoms. The summed E-state index contributed by atoms with van der Waals surface area (Å²) < 4.78 is 10.5. The van der Waals surface area contributed by atoms with E-state index in [9.17, 15) is 20.3 Å². The van der Waals surface area contributed by atoms with Gasteiger partial charge in [-0.3, -0.25) is 10.1 Å². The molecule has 10 nitrogen and oxygen atoms in total. The number of hydrogen-bond donors (Lipinski definition) is 3. The van der Waals surface area contributed by atoms with Crippen LogP contribution < -0.4 is 15.5 Å². The summed E-state index contributed by atoms with van der Waals surface area (Å²) in [6, 6.07) is 10.2. The number of nitro groups is 1. The number of non-ortho nitro benzene ring substituents is 1. The van der Waals surface area contributed by atoms with Gasteiger partial charge in [0.2, 0.25) is 0 Å². The molecule has 0 saturated carbocycles. The Kier molecular flexibility index (Phi) is 8.63. The highest BCUT2D eigenvalue weighted by atomic mass is 16.6. The lowest BCUT2D eigenvalue weighted by Gasteiger charge is -2.30. The molecule has 4 N–H and O–H groups in total. The molecule has 2 aromatic rings. The predicted octanol–water partition coefficient (Wildman–Crippen LogP) is 1.52. The topological polar surface area (TPSA) is 135 Å². The van der Waals surface area contributed by atoms with Crippen molar-refractivity contribution in [2.75, 3.05) is 68.1 Å². The molecule has 0 aliphatic carbocycles. The highest BCUT2D eigenvalue weighted by molar-refractivity contribution is 5.60. The Labute approximate surface area is 186 Å². The Bertz CT molecular complexity index is 898. The molecule has 10 heteroatoms. The molecule has 0 bridgehead atoms. The average molecular weight is 447 g/mol. The molecule has 2 saturated heterocycles. The third-order valence-corrected chi connectivity index (χ3v) is 5.42. The molecule has 0 radical (unpaired) electrons. The van der Waals surface area contributed by atoms with Crippen molar-refractivity contribution in [1.29, 1.82) is 0 Å². The fourth-order valence-corrected chi connectivity index (χ4v) is 3.77. The first-order valence-corrected chi connectivity index (χ1v) is 10.6. The number of nitrogens with zero attached hydrogens (tertiary/aromatic N) is 3. The maximum atomic E-state index is 10.6. The second-order valence-electron chi connectivity index (χ2n) is 7.47. The van der Waals surface area contributed by atoms with Crippen LogP contribution in [0.4, 0.5) is 22.7 Å². The molecule has 2 heterocycles. The second-order valence-corrected chi connectivity index (χ2v) is 7.47. The quantitative estimate of drug-likeness (QED) is 0.355. The Hall–Kier alpha value is -2.92. The highest BCUT2D eigenvalue weighted by Crippen LogP contribution is 2.26. The first-order valence-electron chi connectivity index (χ1n) is 10.6. The summed E-state index contributed by atoms with van der Waals surface area (Å²) >= 11 is 0. The molecular formula is C22H30N4O6. The van der Waals surface area contributed by atoms with Crippen molar-refractivity contribution in [3.8, 4) is 0 Å². The van der Waals surface area contributed by atoms with Gasteiger partial charge in [-0.2, -0.15) is 0 Å². The molecule has 4 rings (SSSR count). The number of aliphatic hydroxyl groups is 2. The van der Waals surface area contributed by atoms with Crippen LogP contribution in [0.3, 0.4) is 0 Å². The smallest absolute Gasteiger partial charge is 0.269 e. The van der Waals surface area contributed by atoms with Gasteiger partial charge in [-0.05, 0) is 24.3 Å². The van der Waals surface area contributed by atoms with Crippen LogP contribution in [0.2, 0.25) is 0 Å². The first kappa shape index (κ1) is 23.7. The third kappa shape index (κ3) is 6.07. The summed E-state index contributed by atoms with van der Waals surface area (Å²) in [5, 5.41) is 29.2. The molecule has 0 amide bonds. The van der Waals surface area contributed by atoms with E-state index in [0.717, 1.165) is 56.3 Å². The van der Waals surface area contributed by atoms with E-state index in [1.807, 2.05) is 18.2 Å². The van der Waals surface area contributed by atoms with Crippen molar-refractivity contribution in [2.45, 2.75) is 13.2 Å². The van der Waals surface area contributed by atoms with Gasteiger partial charge in [0, 0.05) is 66.5 Å². The molecule has 0 unspecified atom stereocenters. The maximum Gasteiger partial charge on any atom is 0.269 e. The van der Waals surface area contributed by atoms with E-state index in [1.54, 1.807) is 6.07 Å². The van der Waals surface area contributed by atoms with E-state index in [2.05, 4.69) is 9.80 Å². The molecule has 2 aliphatic rings. The van der Waals surface area contributed by atoms with Gasteiger partial charge >= 0.3 is 0 Å². The zero-order chi connectivity index (χ0) is 22.9.